The maximum atomic E-state index is 12.8. The van der Waals surface area contributed by atoms with Crippen molar-refractivity contribution in [3.63, 3.8) is 0 Å². The highest BCUT2D eigenvalue weighted by Gasteiger charge is 2.19. The first-order chi connectivity index (χ1) is 11.9. The van der Waals surface area contributed by atoms with Gasteiger partial charge in [-0.2, -0.15) is 0 Å². The van der Waals surface area contributed by atoms with Crippen LogP contribution in [-0.2, 0) is 6.42 Å². The summed E-state index contributed by atoms with van der Waals surface area (Å²) < 4.78 is 1.30. The number of aromatic amines is 1. The van der Waals surface area contributed by atoms with Gasteiger partial charge in [-0.15, -0.1) is 0 Å². The van der Waals surface area contributed by atoms with Gasteiger partial charge in [-0.05, 0) is 32.4 Å². The number of hydrogen-bond donors (Lipinski definition) is 2. The Morgan fingerprint density at radius 1 is 1.36 bits per heavy atom. The molecule has 0 bridgehead atoms. The van der Waals surface area contributed by atoms with Crippen LogP contribution in [-0.4, -0.2) is 26.5 Å². The third kappa shape index (κ3) is 3.30. The molecule has 1 aromatic carbocycles. The van der Waals surface area contributed by atoms with Crippen LogP contribution in [0.3, 0.4) is 0 Å². The molecule has 3 rings (SSSR count). The average Bonchev–Trinajstić information content (AvgIpc) is 2.96. The molecule has 0 atom stereocenters. The second kappa shape index (κ2) is 6.72. The first kappa shape index (κ1) is 17.2. The first-order valence-electron chi connectivity index (χ1n) is 8.02. The van der Waals surface area contributed by atoms with Crippen LogP contribution in [0.4, 0.5) is 0 Å². The molecule has 0 saturated carbocycles. The minimum Gasteiger partial charge on any atom is -0.350 e. The molecule has 7 heteroatoms. The van der Waals surface area contributed by atoms with Crippen LogP contribution in [0.1, 0.15) is 41.0 Å². The fourth-order valence-corrected chi connectivity index (χ4v) is 2.90. The lowest BCUT2D eigenvalue weighted by atomic mass is 10.0. The summed E-state index contributed by atoms with van der Waals surface area (Å²) in [5, 5.41) is 6.24. The smallest absolute Gasteiger partial charge is 0.276 e. The van der Waals surface area contributed by atoms with Gasteiger partial charge in [-0.25, -0.2) is 9.50 Å². The van der Waals surface area contributed by atoms with Crippen LogP contribution in [0, 0.1) is 6.92 Å². The van der Waals surface area contributed by atoms with Gasteiger partial charge in [-0.1, -0.05) is 29.8 Å². The molecule has 2 aromatic heterocycles. The second-order valence-corrected chi connectivity index (χ2v) is 6.63. The van der Waals surface area contributed by atoms with Crippen molar-refractivity contribution >= 4 is 23.2 Å². The lowest BCUT2D eigenvalue weighted by Crippen LogP contribution is -2.30. The van der Waals surface area contributed by atoms with Crippen LogP contribution in [0.15, 0.2) is 35.3 Å². The number of halogens is 1. The zero-order valence-corrected chi connectivity index (χ0v) is 15.0. The van der Waals surface area contributed by atoms with Crippen molar-refractivity contribution in [2.24, 2.45) is 0 Å². The van der Waals surface area contributed by atoms with Gasteiger partial charge in [-0.3, -0.25) is 14.7 Å². The molecule has 25 heavy (non-hydrogen) atoms. The zero-order chi connectivity index (χ0) is 18.1. The second-order valence-electron chi connectivity index (χ2n) is 6.22. The first-order valence-corrected chi connectivity index (χ1v) is 8.40. The number of carbonyl (C=O) groups excluding carboxylic acids is 1. The Labute approximate surface area is 149 Å². The predicted octanol–water partition coefficient (Wildman–Crippen LogP) is 2.71. The van der Waals surface area contributed by atoms with Crippen molar-refractivity contribution in [3.05, 3.63) is 68.2 Å². The standard InChI is InChI=1S/C18H19ClN4O2/c1-10(2)21-17(24)14-9-20-23-16(14)22-11(3)13(18(23)25)8-12-6-4-5-7-15(12)19/h4-7,9-10,20H,8H2,1-3H3,(H,21,24). The zero-order valence-electron chi connectivity index (χ0n) is 14.3. The number of fused-ring (bicyclic) bond motifs is 1. The van der Waals surface area contributed by atoms with Crippen LogP contribution < -0.4 is 10.9 Å². The maximum absolute atomic E-state index is 12.8. The van der Waals surface area contributed by atoms with Crippen molar-refractivity contribution in [2.45, 2.75) is 33.2 Å². The van der Waals surface area contributed by atoms with Gasteiger partial charge in [0.2, 0.25) is 0 Å². The number of aryl methyl sites for hydroxylation is 1. The van der Waals surface area contributed by atoms with E-state index in [0.29, 0.717) is 33.9 Å². The number of nitrogens with zero attached hydrogens (tertiary/aromatic N) is 2. The highest BCUT2D eigenvalue weighted by molar-refractivity contribution is 6.31. The number of rotatable bonds is 4. The largest absolute Gasteiger partial charge is 0.350 e. The van der Waals surface area contributed by atoms with E-state index in [9.17, 15) is 9.59 Å². The van der Waals surface area contributed by atoms with Crippen molar-refractivity contribution in [3.8, 4) is 0 Å². The van der Waals surface area contributed by atoms with E-state index in [-0.39, 0.29) is 17.5 Å². The molecule has 1 amide bonds. The minimum atomic E-state index is -0.265. The highest BCUT2D eigenvalue weighted by Crippen LogP contribution is 2.19. The number of nitrogens with one attached hydrogen (secondary N) is 2. The van der Waals surface area contributed by atoms with E-state index in [1.54, 1.807) is 13.0 Å². The molecule has 6 nitrogen and oxygen atoms in total. The lowest BCUT2D eigenvalue weighted by molar-refractivity contribution is 0.0944. The normalized spacial score (nSPS) is 11.2. The Balaban J connectivity index is 2.07. The SMILES string of the molecule is Cc1nc2c(C(=O)NC(C)C)c[nH]n2c(=O)c1Cc1ccccc1Cl. The van der Waals surface area contributed by atoms with Gasteiger partial charge in [0, 0.05) is 34.9 Å². The van der Waals surface area contributed by atoms with E-state index in [1.165, 1.54) is 10.7 Å². The third-order valence-electron chi connectivity index (χ3n) is 3.95. The van der Waals surface area contributed by atoms with E-state index in [2.05, 4.69) is 15.4 Å². The minimum absolute atomic E-state index is 0.00485. The Morgan fingerprint density at radius 2 is 2.08 bits per heavy atom. The van der Waals surface area contributed by atoms with Gasteiger partial charge < -0.3 is 5.32 Å². The average molecular weight is 359 g/mol. The highest BCUT2D eigenvalue weighted by atomic mass is 35.5. The van der Waals surface area contributed by atoms with Crippen LogP contribution >= 0.6 is 11.6 Å². The summed E-state index contributed by atoms with van der Waals surface area (Å²) in [5.41, 5.74) is 2.43. The number of hydrogen-bond acceptors (Lipinski definition) is 3. The van der Waals surface area contributed by atoms with Crippen molar-refractivity contribution in [1.82, 2.24) is 19.9 Å². The number of H-pyrrole nitrogens is 1. The molecular weight excluding hydrogens is 340 g/mol. The fraction of sp³-hybridized carbons (Fsp3) is 0.278. The summed E-state index contributed by atoms with van der Waals surface area (Å²) in [7, 11) is 0. The lowest BCUT2D eigenvalue weighted by Gasteiger charge is -2.09. The van der Waals surface area contributed by atoms with Gasteiger partial charge >= 0.3 is 0 Å². The van der Waals surface area contributed by atoms with Crippen LogP contribution in [0.2, 0.25) is 5.02 Å². The van der Waals surface area contributed by atoms with Gasteiger partial charge in [0.05, 0.1) is 0 Å². The molecule has 0 spiro atoms. The summed E-state index contributed by atoms with van der Waals surface area (Å²) in [6, 6.07) is 7.39. The van der Waals surface area contributed by atoms with Crippen molar-refractivity contribution < 1.29 is 4.79 Å². The van der Waals surface area contributed by atoms with Gasteiger partial charge in [0.25, 0.3) is 11.5 Å². The maximum Gasteiger partial charge on any atom is 0.276 e. The van der Waals surface area contributed by atoms with Crippen LogP contribution in [0.25, 0.3) is 5.65 Å². The van der Waals surface area contributed by atoms with E-state index >= 15 is 0 Å². The topological polar surface area (TPSA) is 79.3 Å². The van der Waals surface area contributed by atoms with Crippen molar-refractivity contribution in [2.75, 3.05) is 0 Å². The van der Waals surface area contributed by atoms with Gasteiger partial charge in [0.15, 0.2) is 5.65 Å². The number of carbonyl (C=O) groups is 1. The Kier molecular flexibility index (Phi) is 4.63. The predicted molar refractivity (Wildman–Crippen MR) is 97.4 cm³/mol. The van der Waals surface area contributed by atoms with Gasteiger partial charge in [0.1, 0.15) is 5.56 Å². The summed E-state index contributed by atoms with van der Waals surface area (Å²) in [6.07, 6.45) is 1.88. The number of benzene rings is 1. The molecule has 2 N–H and O–H groups in total. The Morgan fingerprint density at radius 3 is 2.76 bits per heavy atom. The Hall–Kier alpha value is -2.60. The number of amides is 1. The molecule has 0 saturated heterocycles. The van der Waals surface area contributed by atoms with Crippen LogP contribution in [0.5, 0.6) is 0 Å². The fourth-order valence-electron chi connectivity index (χ4n) is 2.70. The van der Waals surface area contributed by atoms with E-state index in [0.717, 1.165) is 5.56 Å². The molecule has 0 unspecified atom stereocenters. The molecule has 0 aliphatic carbocycles. The summed E-state index contributed by atoms with van der Waals surface area (Å²) in [4.78, 5) is 29.6. The van der Waals surface area contributed by atoms with Crippen molar-refractivity contribution in [1.29, 1.82) is 0 Å². The molecule has 130 valence electrons. The van der Waals surface area contributed by atoms with E-state index in [1.807, 2.05) is 32.0 Å². The van der Waals surface area contributed by atoms with E-state index < -0.39 is 0 Å². The Bertz CT molecular complexity index is 1000. The molecular formula is C18H19ClN4O2. The number of aromatic nitrogens is 3. The molecule has 0 aliphatic rings. The quantitative estimate of drug-likeness (QED) is 0.752. The monoisotopic (exact) mass is 358 g/mol. The summed E-state index contributed by atoms with van der Waals surface area (Å²) in [5.74, 6) is -0.265. The molecule has 3 aromatic rings. The third-order valence-corrected chi connectivity index (χ3v) is 4.32. The summed E-state index contributed by atoms with van der Waals surface area (Å²) >= 11 is 6.20. The molecule has 0 radical (unpaired) electrons. The molecule has 2 heterocycles. The summed E-state index contributed by atoms with van der Waals surface area (Å²) in [6.45, 7) is 5.52. The van der Waals surface area contributed by atoms with E-state index in [4.69, 9.17) is 11.6 Å². The molecule has 0 fully saturated rings. The molecule has 0 aliphatic heterocycles.